The fourth-order valence-electron chi connectivity index (χ4n) is 4.64. The van der Waals surface area contributed by atoms with Gasteiger partial charge in [-0.15, -0.1) is 0 Å². The quantitative estimate of drug-likeness (QED) is 0.536. The Morgan fingerprint density at radius 2 is 1.61 bits per heavy atom. The van der Waals surface area contributed by atoms with Crippen LogP contribution < -0.4 is 11.1 Å². The van der Waals surface area contributed by atoms with Crippen LogP contribution in [0.2, 0.25) is 0 Å². The highest BCUT2D eigenvalue weighted by atomic mass is 16.2. The number of para-hydroxylation sites is 1. The average Bonchev–Trinajstić information content (AvgIpc) is 3.25. The number of amides is 1. The number of aromatic amines is 2. The lowest BCUT2D eigenvalue weighted by Crippen LogP contribution is -2.39. The van der Waals surface area contributed by atoms with Crippen molar-refractivity contribution in [2.24, 2.45) is 0 Å². The highest BCUT2D eigenvalue weighted by Gasteiger charge is 2.25. The zero-order valence-electron chi connectivity index (χ0n) is 17.1. The number of hydrogen-bond donors (Lipinski definition) is 2. The molecule has 0 radical (unpaired) electrons. The zero-order valence-corrected chi connectivity index (χ0v) is 17.1. The van der Waals surface area contributed by atoms with Gasteiger partial charge in [-0.05, 0) is 42.5 Å². The first-order chi connectivity index (χ1) is 15.1. The molecule has 4 aromatic rings. The molecule has 31 heavy (non-hydrogen) atoms. The number of aromatic nitrogens is 3. The van der Waals surface area contributed by atoms with Gasteiger partial charge < -0.3 is 9.88 Å². The molecule has 5 rings (SSSR count). The van der Waals surface area contributed by atoms with Crippen molar-refractivity contribution in [3.05, 3.63) is 81.0 Å². The predicted octanol–water partition coefficient (Wildman–Crippen LogP) is 2.97. The second-order valence-electron chi connectivity index (χ2n) is 8.14. The molecule has 1 amide bonds. The summed E-state index contributed by atoms with van der Waals surface area (Å²) in [5, 5.41) is 4.59. The number of hydrogen-bond acceptors (Lipinski definition) is 3. The Balaban J connectivity index is 1.24. The fourth-order valence-corrected chi connectivity index (χ4v) is 4.64. The van der Waals surface area contributed by atoms with Crippen LogP contribution in [0.25, 0.3) is 21.7 Å². The van der Waals surface area contributed by atoms with Crippen LogP contribution in [0.15, 0.2) is 64.3 Å². The number of piperidine rings is 1. The monoisotopic (exact) mass is 416 g/mol. The normalized spacial score (nSPS) is 15.0. The molecule has 0 bridgehead atoms. The topological polar surface area (TPSA) is 91.0 Å². The summed E-state index contributed by atoms with van der Waals surface area (Å²) in [6.45, 7) is 1.57. The number of H-pyrrole nitrogens is 2. The first-order valence-corrected chi connectivity index (χ1v) is 10.7. The van der Waals surface area contributed by atoms with Gasteiger partial charge >= 0.3 is 0 Å². The van der Waals surface area contributed by atoms with Crippen LogP contribution in [0.3, 0.4) is 0 Å². The maximum Gasteiger partial charge on any atom is 0.273 e. The summed E-state index contributed by atoms with van der Waals surface area (Å²) in [5.74, 6) is 0.443. The molecular weight excluding hydrogens is 392 g/mol. The van der Waals surface area contributed by atoms with Crippen molar-refractivity contribution in [1.29, 1.82) is 0 Å². The molecule has 0 atom stereocenters. The molecule has 0 spiro atoms. The lowest BCUT2D eigenvalue weighted by atomic mass is 9.89. The standard InChI is InChI=1S/C24H24N4O3/c29-22(11-14-28-24(31)19-7-2-1-6-18(19)23(30)26-28)27-12-9-16(10-13-27)20-15-25-21-8-4-3-5-17(20)21/h1-8,15-16,25H,9-14H2,(H,26,30). The number of nitrogens with zero attached hydrogens (tertiary/aromatic N) is 2. The molecule has 2 aromatic carbocycles. The highest BCUT2D eigenvalue weighted by Crippen LogP contribution is 2.33. The Morgan fingerprint density at radius 3 is 2.39 bits per heavy atom. The third kappa shape index (κ3) is 3.56. The van der Waals surface area contributed by atoms with Gasteiger partial charge in [-0.2, -0.15) is 0 Å². The second kappa shape index (κ2) is 7.91. The molecule has 1 saturated heterocycles. The van der Waals surface area contributed by atoms with E-state index in [-0.39, 0.29) is 30.0 Å². The minimum absolute atomic E-state index is 0.0123. The molecule has 3 heterocycles. The Bertz CT molecular complexity index is 1370. The van der Waals surface area contributed by atoms with Gasteiger partial charge in [-0.25, -0.2) is 4.68 Å². The van der Waals surface area contributed by atoms with Gasteiger partial charge in [0.25, 0.3) is 11.1 Å². The van der Waals surface area contributed by atoms with Crippen LogP contribution in [-0.4, -0.2) is 38.7 Å². The van der Waals surface area contributed by atoms with Crippen LogP contribution in [-0.2, 0) is 11.3 Å². The van der Waals surface area contributed by atoms with Gasteiger partial charge in [0.05, 0.1) is 17.3 Å². The molecule has 158 valence electrons. The summed E-state index contributed by atoms with van der Waals surface area (Å²) in [4.78, 5) is 42.8. The summed E-state index contributed by atoms with van der Waals surface area (Å²) in [5.41, 5.74) is 1.87. The van der Waals surface area contributed by atoms with Crippen molar-refractivity contribution in [2.45, 2.75) is 31.7 Å². The van der Waals surface area contributed by atoms with Gasteiger partial charge in [0.1, 0.15) is 0 Å². The number of rotatable bonds is 4. The summed E-state index contributed by atoms with van der Waals surface area (Å²) in [6.07, 6.45) is 4.11. The Morgan fingerprint density at radius 1 is 0.935 bits per heavy atom. The molecule has 1 aliphatic rings. The molecule has 2 aromatic heterocycles. The SMILES string of the molecule is O=C(CCn1[nH]c(=O)c2ccccc2c1=O)N1CCC(c2c[nH]c3ccccc23)CC1. The van der Waals surface area contributed by atoms with Crippen molar-refractivity contribution in [1.82, 2.24) is 19.7 Å². The van der Waals surface area contributed by atoms with Gasteiger partial charge in [0.15, 0.2) is 0 Å². The van der Waals surface area contributed by atoms with Crippen LogP contribution in [0.4, 0.5) is 0 Å². The largest absolute Gasteiger partial charge is 0.361 e. The lowest BCUT2D eigenvalue weighted by Gasteiger charge is -2.32. The molecule has 1 aliphatic heterocycles. The average molecular weight is 416 g/mol. The number of likely N-dealkylation sites (tertiary alicyclic amines) is 1. The van der Waals surface area contributed by atoms with Crippen LogP contribution in [0.1, 0.15) is 30.7 Å². The van der Waals surface area contributed by atoms with Gasteiger partial charge in [-0.3, -0.25) is 19.5 Å². The molecule has 1 fully saturated rings. The number of nitrogens with one attached hydrogen (secondary N) is 2. The minimum atomic E-state index is -0.317. The minimum Gasteiger partial charge on any atom is -0.361 e. The van der Waals surface area contributed by atoms with Gasteiger partial charge in [-0.1, -0.05) is 30.3 Å². The van der Waals surface area contributed by atoms with Crippen molar-refractivity contribution in [2.75, 3.05) is 13.1 Å². The van der Waals surface area contributed by atoms with E-state index in [1.807, 2.05) is 11.0 Å². The first kappa shape index (κ1) is 19.4. The predicted molar refractivity (Wildman–Crippen MR) is 120 cm³/mol. The second-order valence-corrected chi connectivity index (χ2v) is 8.14. The molecule has 0 unspecified atom stereocenters. The molecule has 7 heteroatoms. The number of benzene rings is 2. The summed E-state index contributed by atoms with van der Waals surface area (Å²) in [6, 6.07) is 15.0. The maximum absolute atomic E-state index is 12.7. The van der Waals surface area contributed by atoms with E-state index in [4.69, 9.17) is 0 Å². The number of carbonyl (C=O) groups is 1. The molecule has 7 nitrogen and oxygen atoms in total. The van der Waals surface area contributed by atoms with E-state index < -0.39 is 0 Å². The Hall–Kier alpha value is -3.61. The van der Waals surface area contributed by atoms with Crippen LogP contribution >= 0.6 is 0 Å². The van der Waals surface area contributed by atoms with E-state index in [9.17, 15) is 14.4 Å². The summed E-state index contributed by atoms with van der Waals surface area (Å²) in [7, 11) is 0. The van der Waals surface area contributed by atoms with Crippen LogP contribution in [0, 0.1) is 0 Å². The lowest BCUT2D eigenvalue weighted by molar-refractivity contribution is -0.132. The van der Waals surface area contributed by atoms with Crippen molar-refractivity contribution in [3.63, 3.8) is 0 Å². The zero-order chi connectivity index (χ0) is 21.4. The van der Waals surface area contributed by atoms with E-state index in [2.05, 4.69) is 34.5 Å². The van der Waals surface area contributed by atoms with Gasteiger partial charge in [0, 0.05) is 36.6 Å². The first-order valence-electron chi connectivity index (χ1n) is 10.7. The van der Waals surface area contributed by atoms with Crippen LogP contribution in [0.5, 0.6) is 0 Å². The number of fused-ring (bicyclic) bond motifs is 2. The summed E-state index contributed by atoms with van der Waals surface area (Å²) >= 11 is 0. The summed E-state index contributed by atoms with van der Waals surface area (Å²) < 4.78 is 1.25. The van der Waals surface area contributed by atoms with E-state index in [0.717, 1.165) is 18.4 Å². The number of carbonyl (C=O) groups excluding carboxylic acids is 1. The van der Waals surface area contributed by atoms with E-state index in [1.165, 1.54) is 15.6 Å². The number of aryl methyl sites for hydroxylation is 1. The maximum atomic E-state index is 12.7. The van der Waals surface area contributed by atoms with Gasteiger partial charge in [0.2, 0.25) is 5.91 Å². The highest BCUT2D eigenvalue weighted by molar-refractivity contribution is 5.84. The van der Waals surface area contributed by atoms with E-state index in [0.29, 0.717) is 29.8 Å². The van der Waals surface area contributed by atoms with E-state index >= 15 is 0 Å². The Kier molecular flexibility index (Phi) is 4.94. The molecule has 0 saturated carbocycles. The van der Waals surface area contributed by atoms with Crippen molar-refractivity contribution >= 4 is 27.6 Å². The van der Waals surface area contributed by atoms with Crippen molar-refractivity contribution in [3.8, 4) is 0 Å². The third-order valence-corrected chi connectivity index (χ3v) is 6.34. The molecule has 2 N–H and O–H groups in total. The molecule has 0 aliphatic carbocycles. The molecular formula is C24H24N4O3. The van der Waals surface area contributed by atoms with E-state index in [1.54, 1.807) is 24.3 Å². The van der Waals surface area contributed by atoms with Crippen molar-refractivity contribution < 1.29 is 4.79 Å². The fraction of sp³-hybridized carbons (Fsp3) is 0.292. The smallest absolute Gasteiger partial charge is 0.273 e. The third-order valence-electron chi connectivity index (χ3n) is 6.34. The Labute approximate surface area is 178 Å².